The minimum atomic E-state index is -1.36. The molecule has 2 aromatic heterocycles. The highest BCUT2D eigenvalue weighted by atomic mass is 35.5. The molecule has 0 aliphatic heterocycles. The third kappa shape index (κ3) is 5.69. The van der Waals surface area contributed by atoms with Gasteiger partial charge in [-0.25, -0.2) is 10.6 Å². The summed E-state index contributed by atoms with van der Waals surface area (Å²) >= 11 is 7.53. The van der Waals surface area contributed by atoms with Gasteiger partial charge >= 0.3 is 5.97 Å². The van der Waals surface area contributed by atoms with Crippen molar-refractivity contribution in [3.8, 4) is 0 Å². The molecule has 0 saturated carbocycles. The number of carbonyl (C=O) groups is 4. The number of aromatic amines is 1. The predicted molar refractivity (Wildman–Crippen MR) is 138 cm³/mol. The molecule has 0 aliphatic rings. The SMILES string of the molecule is COC(=O)C(CC(=O)c1cccs1)N(N)C(=O)c1ccc(C(=O)NCc2cccc3[nH]ncc23)cc1Cl. The summed E-state index contributed by atoms with van der Waals surface area (Å²) in [6.07, 6.45) is 1.32. The number of rotatable bonds is 9. The van der Waals surface area contributed by atoms with Crippen molar-refractivity contribution < 1.29 is 23.9 Å². The van der Waals surface area contributed by atoms with Crippen molar-refractivity contribution in [2.75, 3.05) is 7.11 Å². The van der Waals surface area contributed by atoms with Crippen LogP contribution in [0.25, 0.3) is 10.9 Å². The number of methoxy groups -OCH3 is 1. The van der Waals surface area contributed by atoms with Crippen LogP contribution in [0, 0.1) is 0 Å². The van der Waals surface area contributed by atoms with E-state index in [0.717, 1.165) is 23.6 Å². The number of ketones is 1. The first-order valence-corrected chi connectivity index (χ1v) is 12.3. The summed E-state index contributed by atoms with van der Waals surface area (Å²) in [6, 6.07) is 11.7. The summed E-state index contributed by atoms with van der Waals surface area (Å²) < 4.78 is 4.75. The highest BCUT2D eigenvalue weighted by molar-refractivity contribution is 7.12. The Kier molecular flexibility index (Phi) is 7.97. The third-order valence-electron chi connectivity index (χ3n) is 5.69. The average molecular weight is 540 g/mol. The molecule has 0 bridgehead atoms. The van der Waals surface area contributed by atoms with E-state index in [2.05, 4.69) is 15.5 Å². The molecule has 1 atom stereocenters. The largest absolute Gasteiger partial charge is 0.467 e. The van der Waals surface area contributed by atoms with Crippen molar-refractivity contribution in [3.05, 3.63) is 86.7 Å². The van der Waals surface area contributed by atoms with Gasteiger partial charge in [0.15, 0.2) is 11.8 Å². The number of esters is 1. The number of fused-ring (bicyclic) bond motifs is 1. The Morgan fingerprint density at radius 3 is 2.70 bits per heavy atom. The van der Waals surface area contributed by atoms with E-state index in [4.69, 9.17) is 22.2 Å². The summed E-state index contributed by atoms with van der Waals surface area (Å²) in [5.74, 6) is 3.56. The summed E-state index contributed by atoms with van der Waals surface area (Å²) in [7, 11) is 1.14. The lowest BCUT2D eigenvalue weighted by Crippen LogP contribution is -2.51. The monoisotopic (exact) mass is 539 g/mol. The lowest BCUT2D eigenvalue weighted by atomic mass is 10.1. The van der Waals surface area contributed by atoms with Crippen LogP contribution in [0.2, 0.25) is 5.02 Å². The Morgan fingerprint density at radius 2 is 2.00 bits per heavy atom. The Morgan fingerprint density at radius 1 is 1.19 bits per heavy atom. The molecular formula is C25H22ClN5O5S. The first-order chi connectivity index (χ1) is 17.8. The molecule has 1 unspecified atom stereocenters. The first-order valence-electron chi connectivity index (χ1n) is 11.0. The topological polar surface area (TPSA) is 147 Å². The van der Waals surface area contributed by atoms with Crippen molar-refractivity contribution >= 4 is 57.4 Å². The van der Waals surface area contributed by atoms with E-state index >= 15 is 0 Å². The summed E-state index contributed by atoms with van der Waals surface area (Å²) in [6.45, 7) is 0.254. The molecule has 0 radical (unpaired) electrons. The number of thiophene rings is 1. The van der Waals surface area contributed by atoms with Gasteiger partial charge in [0, 0.05) is 23.9 Å². The highest BCUT2D eigenvalue weighted by Crippen LogP contribution is 2.22. The number of hydrogen-bond donors (Lipinski definition) is 3. The second-order valence-electron chi connectivity index (χ2n) is 7.98. The second-order valence-corrected chi connectivity index (χ2v) is 9.34. The molecule has 4 N–H and O–H groups in total. The number of carbonyl (C=O) groups excluding carboxylic acids is 4. The van der Waals surface area contributed by atoms with E-state index in [9.17, 15) is 19.2 Å². The summed E-state index contributed by atoms with van der Waals surface area (Å²) in [4.78, 5) is 51.1. The zero-order chi connectivity index (χ0) is 26.5. The van der Waals surface area contributed by atoms with Crippen molar-refractivity contribution in [2.45, 2.75) is 19.0 Å². The zero-order valence-corrected chi connectivity index (χ0v) is 21.1. The van der Waals surface area contributed by atoms with Crippen molar-refractivity contribution in [1.29, 1.82) is 0 Å². The molecule has 0 spiro atoms. The number of benzene rings is 2. The molecular weight excluding hydrogens is 518 g/mol. The van der Waals surface area contributed by atoms with Crippen molar-refractivity contribution in [3.63, 3.8) is 0 Å². The van der Waals surface area contributed by atoms with Gasteiger partial charge < -0.3 is 10.1 Å². The van der Waals surface area contributed by atoms with E-state index < -0.39 is 23.8 Å². The highest BCUT2D eigenvalue weighted by Gasteiger charge is 2.33. The molecule has 2 aromatic carbocycles. The lowest BCUT2D eigenvalue weighted by Gasteiger charge is -2.25. The number of hydrogen-bond acceptors (Lipinski definition) is 8. The van der Waals surface area contributed by atoms with Gasteiger partial charge in [-0.1, -0.05) is 29.8 Å². The molecule has 2 heterocycles. The number of amides is 2. The number of nitrogens with zero attached hydrogens (tertiary/aromatic N) is 2. The minimum Gasteiger partial charge on any atom is -0.467 e. The molecule has 0 fully saturated rings. The molecule has 2 amide bonds. The van der Waals surface area contributed by atoms with E-state index in [1.165, 1.54) is 29.5 Å². The standard InChI is InChI=1S/C25H22ClN5O5S/c1-36-25(35)20(11-21(32)22-6-3-9-37-22)31(27)24(34)16-8-7-14(10-18(16)26)23(33)28-12-15-4-2-5-19-17(15)13-29-30-19/h2-10,13,20H,11-12,27H2,1H3,(H,28,33)(H,29,30). The Balaban J connectivity index is 1.46. The van der Waals surface area contributed by atoms with Gasteiger partial charge in [0.25, 0.3) is 11.8 Å². The maximum atomic E-state index is 13.1. The van der Waals surface area contributed by atoms with Crippen LogP contribution < -0.4 is 11.2 Å². The van der Waals surface area contributed by atoms with Gasteiger partial charge in [0.2, 0.25) is 0 Å². The van der Waals surface area contributed by atoms with Crippen LogP contribution in [0.15, 0.2) is 60.1 Å². The van der Waals surface area contributed by atoms with Gasteiger partial charge in [0.05, 0.1) is 34.3 Å². The van der Waals surface area contributed by atoms with Gasteiger partial charge in [-0.3, -0.25) is 24.5 Å². The number of halogens is 1. The fourth-order valence-electron chi connectivity index (χ4n) is 3.72. The molecule has 190 valence electrons. The number of hydrazine groups is 1. The fraction of sp³-hybridized carbons (Fsp3) is 0.160. The fourth-order valence-corrected chi connectivity index (χ4v) is 4.65. The Bertz CT molecular complexity index is 1470. The molecule has 37 heavy (non-hydrogen) atoms. The van der Waals surface area contributed by atoms with Gasteiger partial charge in [-0.05, 0) is 41.3 Å². The maximum absolute atomic E-state index is 13.1. The van der Waals surface area contributed by atoms with Crippen LogP contribution in [0.4, 0.5) is 0 Å². The van der Waals surface area contributed by atoms with Gasteiger partial charge in [-0.15, -0.1) is 11.3 Å². The predicted octanol–water partition coefficient (Wildman–Crippen LogP) is 3.34. The number of Topliss-reactive ketones (excluding diaryl/α,β-unsaturated/α-hetero) is 1. The van der Waals surface area contributed by atoms with Crippen LogP contribution in [0.3, 0.4) is 0 Å². The Hall–Kier alpha value is -4.06. The number of H-pyrrole nitrogens is 1. The van der Waals surface area contributed by atoms with E-state index in [1.54, 1.807) is 23.7 Å². The van der Waals surface area contributed by atoms with Gasteiger partial charge in [0.1, 0.15) is 0 Å². The van der Waals surface area contributed by atoms with Crippen molar-refractivity contribution in [1.82, 2.24) is 20.5 Å². The quantitative estimate of drug-likeness (QED) is 0.0971. The minimum absolute atomic E-state index is 0.0404. The average Bonchev–Trinajstić information content (AvgIpc) is 3.62. The molecule has 10 nitrogen and oxygen atoms in total. The zero-order valence-electron chi connectivity index (χ0n) is 19.6. The van der Waals surface area contributed by atoms with Crippen LogP contribution in [-0.2, 0) is 16.1 Å². The maximum Gasteiger partial charge on any atom is 0.330 e. The van der Waals surface area contributed by atoms with Crippen LogP contribution in [0.5, 0.6) is 0 Å². The van der Waals surface area contributed by atoms with Crippen LogP contribution in [-0.4, -0.2) is 51.9 Å². The number of aromatic nitrogens is 2. The lowest BCUT2D eigenvalue weighted by molar-refractivity contribution is -0.146. The van der Waals surface area contributed by atoms with E-state index in [0.29, 0.717) is 9.89 Å². The smallest absolute Gasteiger partial charge is 0.330 e. The normalized spacial score (nSPS) is 11.6. The molecule has 0 saturated heterocycles. The van der Waals surface area contributed by atoms with E-state index in [-0.39, 0.29) is 34.9 Å². The van der Waals surface area contributed by atoms with Crippen molar-refractivity contribution in [2.24, 2.45) is 5.84 Å². The molecule has 4 rings (SSSR count). The number of nitrogens with two attached hydrogens (primary N) is 1. The number of nitrogens with one attached hydrogen (secondary N) is 2. The summed E-state index contributed by atoms with van der Waals surface area (Å²) in [5.41, 5.74) is 1.91. The number of ether oxygens (including phenoxy) is 1. The molecule has 4 aromatic rings. The molecule has 0 aliphatic carbocycles. The van der Waals surface area contributed by atoms with Crippen LogP contribution >= 0.6 is 22.9 Å². The Labute approximate surface area is 220 Å². The van der Waals surface area contributed by atoms with Crippen LogP contribution in [0.1, 0.15) is 42.4 Å². The second kappa shape index (κ2) is 11.3. The van der Waals surface area contributed by atoms with E-state index in [1.807, 2.05) is 18.2 Å². The van der Waals surface area contributed by atoms with Gasteiger partial charge in [-0.2, -0.15) is 5.10 Å². The first kappa shape index (κ1) is 26.0. The molecule has 12 heteroatoms. The third-order valence-corrected chi connectivity index (χ3v) is 6.92. The summed E-state index contributed by atoms with van der Waals surface area (Å²) in [5, 5.41) is 12.9.